The summed E-state index contributed by atoms with van der Waals surface area (Å²) in [4.78, 5) is 12.3. The number of benzene rings is 2. The molecule has 24 heavy (non-hydrogen) atoms. The minimum Gasteiger partial charge on any atom is -0.493 e. The molecule has 2 rings (SSSR count). The van der Waals surface area contributed by atoms with E-state index in [1.807, 2.05) is 24.3 Å². The molecular formula is C20H22O4. The normalized spacial score (nSPS) is 10.7. The van der Waals surface area contributed by atoms with E-state index in [0.717, 1.165) is 12.0 Å². The van der Waals surface area contributed by atoms with Crippen molar-refractivity contribution in [1.29, 1.82) is 0 Å². The van der Waals surface area contributed by atoms with Gasteiger partial charge in [-0.3, -0.25) is 4.79 Å². The smallest absolute Gasteiger partial charge is 0.203 e. The maximum absolute atomic E-state index is 12.3. The molecule has 4 nitrogen and oxygen atoms in total. The van der Waals surface area contributed by atoms with E-state index in [-0.39, 0.29) is 5.78 Å². The Morgan fingerprint density at radius 3 is 2.00 bits per heavy atom. The standard InChI is InChI=1S/C20H22O4/c1-5-14-6-9-16(10-7-14)17(21)11-8-15-12-18(22-2)20(24-4)19(13-15)23-3/h6-13H,5H2,1-4H3/b11-8+. The number of aryl methyl sites for hydroxylation is 1. The van der Waals surface area contributed by atoms with Gasteiger partial charge in [0, 0.05) is 5.56 Å². The molecule has 0 unspecified atom stereocenters. The Morgan fingerprint density at radius 1 is 0.958 bits per heavy atom. The molecule has 0 aliphatic rings. The zero-order valence-corrected chi connectivity index (χ0v) is 14.5. The minimum absolute atomic E-state index is 0.0496. The molecule has 0 fully saturated rings. The number of hydrogen-bond donors (Lipinski definition) is 0. The highest BCUT2D eigenvalue weighted by atomic mass is 16.5. The fraction of sp³-hybridized carbons (Fsp3) is 0.250. The fourth-order valence-electron chi connectivity index (χ4n) is 2.37. The third-order valence-corrected chi connectivity index (χ3v) is 3.76. The Labute approximate surface area is 142 Å². The van der Waals surface area contributed by atoms with Crippen molar-refractivity contribution in [3.05, 3.63) is 59.2 Å². The van der Waals surface area contributed by atoms with Crippen molar-refractivity contribution >= 4 is 11.9 Å². The zero-order valence-electron chi connectivity index (χ0n) is 14.5. The highest BCUT2D eigenvalue weighted by Gasteiger charge is 2.12. The molecule has 0 bridgehead atoms. The lowest BCUT2D eigenvalue weighted by Crippen LogP contribution is -1.96. The molecule has 0 atom stereocenters. The number of hydrogen-bond acceptors (Lipinski definition) is 4. The molecule has 126 valence electrons. The first-order chi connectivity index (χ1) is 11.6. The first-order valence-electron chi connectivity index (χ1n) is 7.74. The van der Waals surface area contributed by atoms with Crippen LogP contribution in [0.1, 0.15) is 28.4 Å². The van der Waals surface area contributed by atoms with Gasteiger partial charge in [-0.2, -0.15) is 0 Å². The quantitative estimate of drug-likeness (QED) is 0.566. The van der Waals surface area contributed by atoms with E-state index < -0.39 is 0 Å². The maximum atomic E-state index is 12.3. The van der Waals surface area contributed by atoms with Crippen LogP contribution >= 0.6 is 0 Å². The van der Waals surface area contributed by atoms with Crippen LogP contribution in [0.5, 0.6) is 17.2 Å². The lowest BCUT2D eigenvalue weighted by molar-refractivity contribution is 0.104. The molecule has 4 heteroatoms. The van der Waals surface area contributed by atoms with Gasteiger partial charge in [0.25, 0.3) is 0 Å². The van der Waals surface area contributed by atoms with Crippen LogP contribution in [0.15, 0.2) is 42.5 Å². The Balaban J connectivity index is 2.25. The Morgan fingerprint density at radius 2 is 1.54 bits per heavy atom. The van der Waals surface area contributed by atoms with Crippen molar-refractivity contribution in [3.63, 3.8) is 0 Å². The van der Waals surface area contributed by atoms with Crippen LogP contribution in [0.3, 0.4) is 0 Å². The molecular weight excluding hydrogens is 304 g/mol. The maximum Gasteiger partial charge on any atom is 0.203 e. The SMILES string of the molecule is CCc1ccc(C(=O)/C=C/c2cc(OC)c(OC)c(OC)c2)cc1. The van der Waals surface area contributed by atoms with Crippen molar-refractivity contribution in [3.8, 4) is 17.2 Å². The number of carbonyl (C=O) groups excluding carboxylic acids is 1. The molecule has 0 radical (unpaired) electrons. The van der Waals surface area contributed by atoms with Crippen molar-refractivity contribution in [2.75, 3.05) is 21.3 Å². The highest BCUT2D eigenvalue weighted by molar-refractivity contribution is 6.06. The van der Waals surface area contributed by atoms with Gasteiger partial charge in [0.2, 0.25) is 5.75 Å². The molecule has 0 aliphatic heterocycles. The average molecular weight is 326 g/mol. The summed E-state index contributed by atoms with van der Waals surface area (Å²) in [6.07, 6.45) is 4.23. The molecule has 0 aliphatic carbocycles. The number of ketones is 1. The van der Waals surface area contributed by atoms with Gasteiger partial charge in [0.1, 0.15) is 0 Å². The second-order valence-corrected chi connectivity index (χ2v) is 5.21. The summed E-state index contributed by atoms with van der Waals surface area (Å²) in [5, 5.41) is 0. The van der Waals surface area contributed by atoms with Gasteiger partial charge in [-0.05, 0) is 35.8 Å². The average Bonchev–Trinajstić information content (AvgIpc) is 2.65. The number of ether oxygens (including phenoxy) is 3. The first-order valence-corrected chi connectivity index (χ1v) is 7.74. The zero-order chi connectivity index (χ0) is 17.5. The van der Waals surface area contributed by atoms with E-state index >= 15 is 0 Å². The number of allylic oxidation sites excluding steroid dienone is 1. The van der Waals surface area contributed by atoms with Gasteiger partial charge < -0.3 is 14.2 Å². The van der Waals surface area contributed by atoms with E-state index in [4.69, 9.17) is 14.2 Å². The molecule has 0 N–H and O–H groups in total. The number of rotatable bonds is 7. The van der Waals surface area contributed by atoms with Gasteiger partial charge in [0.15, 0.2) is 17.3 Å². The lowest BCUT2D eigenvalue weighted by atomic mass is 10.1. The predicted molar refractivity (Wildman–Crippen MR) is 95.3 cm³/mol. The molecule has 0 spiro atoms. The third kappa shape index (κ3) is 3.96. The van der Waals surface area contributed by atoms with Gasteiger partial charge >= 0.3 is 0 Å². The predicted octanol–water partition coefficient (Wildman–Crippen LogP) is 4.17. The Kier molecular flexibility index (Phi) is 6.01. The van der Waals surface area contributed by atoms with Gasteiger partial charge in [-0.1, -0.05) is 37.3 Å². The Bertz CT molecular complexity index is 705. The first kappa shape index (κ1) is 17.6. The van der Waals surface area contributed by atoms with Crippen LogP contribution in [0.4, 0.5) is 0 Å². The van der Waals surface area contributed by atoms with Crippen LogP contribution in [-0.2, 0) is 6.42 Å². The summed E-state index contributed by atoms with van der Waals surface area (Å²) in [5.74, 6) is 1.58. The summed E-state index contributed by atoms with van der Waals surface area (Å²) in [7, 11) is 4.68. The Hall–Kier alpha value is -2.75. The van der Waals surface area contributed by atoms with Crippen LogP contribution in [-0.4, -0.2) is 27.1 Å². The van der Waals surface area contributed by atoms with E-state index in [1.54, 1.807) is 45.6 Å². The van der Waals surface area contributed by atoms with E-state index in [2.05, 4.69) is 6.92 Å². The summed E-state index contributed by atoms with van der Waals surface area (Å²) in [5.41, 5.74) is 2.67. The summed E-state index contributed by atoms with van der Waals surface area (Å²) in [6.45, 7) is 2.08. The summed E-state index contributed by atoms with van der Waals surface area (Å²) in [6, 6.07) is 11.2. The summed E-state index contributed by atoms with van der Waals surface area (Å²) < 4.78 is 15.9. The van der Waals surface area contributed by atoms with Crippen LogP contribution in [0.2, 0.25) is 0 Å². The molecule has 0 saturated heterocycles. The lowest BCUT2D eigenvalue weighted by Gasteiger charge is -2.12. The van der Waals surface area contributed by atoms with E-state index in [1.165, 1.54) is 5.56 Å². The third-order valence-electron chi connectivity index (χ3n) is 3.76. The molecule has 0 saturated carbocycles. The van der Waals surface area contributed by atoms with Crippen molar-refractivity contribution in [1.82, 2.24) is 0 Å². The molecule has 0 aromatic heterocycles. The number of carbonyl (C=O) groups is 1. The topological polar surface area (TPSA) is 44.8 Å². The van der Waals surface area contributed by atoms with Crippen LogP contribution < -0.4 is 14.2 Å². The van der Waals surface area contributed by atoms with Crippen molar-refractivity contribution in [2.24, 2.45) is 0 Å². The largest absolute Gasteiger partial charge is 0.493 e. The van der Waals surface area contributed by atoms with E-state index in [9.17, 15) is 4.79 Å². The second-order valence-electron chi connectivity index (χ2n) is 5.21. The molecule has 2 aromatic carbocycles. The monoisotopic (exact) mass is 326 g/mol. The van der Waals surface area contributed by atoms with Crippen molar-refractivity contribution in [2.45, 2.75) is 13.3 Å². The second kappa shape index (κ2) is 8.20. The van der Waals surface area contributed by atoms with Gasteiger partial charge in [-0.25, -0.2) is 0 Å². The molecule has 0 amide bonds. The molecule has 2 aromatic rings. The minimum atomic E-state index is -0.0496. The molecule has 0 heterocycles. The van der Waals surface area contributed by atoms with Gasteiger partial charge in [0.05, 0.1) is 21.3 Å². The number of methoxy groups -OCH3 is 3. The van der Waals surface area contributed by atoms with Crippen LogP contribution in [0, 0.1) is 0 Å². The fourth-order valence-corrected chi connectivity index (χ4v) is 2.37. The summed E-state index contributed by atoms with van der Waals surface area (Å²) >= 11 is 0. The van der Waals surface area contributed by atoms with Crippen molar-refractivity contribution < 1.29 is 19.0 Å². The van der Waals surface area contributed by atoms with Gasteiger partial charge in [-0.15, -0.1) is 0 Å². The van der Waals surface area contributed by atoms with E-state index in [0.29, 0.717) is 22.8 Å². The van der Waals surface area contributed by atoms with Crippen LogP contribution in [0.25, 0.3) is 6.08 Å². The highest BCUT2D eigenvalue weighted by Crippen LogP contribution is 2.38.